The van der Waals surface area contributed by atoms with E-state index in [1.54, 1.807) is 0 Å². The molecule has 5 nitrogen and oxygen atoms in total. The van der Waals surface area contributed by atoms with Crippen molar-refractivity contribution in [2.75, 3.05) is 38.1 Å². The summed E-state index contributed by atoms with van der Waals surface area (Å²) in [4.78, 5) is 17.3. The summed E-state index contributed by atoms with van der Waals surface area (Å²) in [5, 5.41) is 3.06. The summed E-state index contributed by atoms with van der Waals surface area (Å²) in [6.07, 6.45) is 5.73. The first-order valence-corrected chi connectivity index (χ1v) is 10.8. The first-order chi connectivity index (χ1) is 14.3. The number of ether oxygens (including phenoxy) is 1. The molecule has 2 fully saturated rings. The molecule has 0 spiro atoms. The van der Waals surface area contributed by atoms with Crippen LogP contribution < -0.4 is 10.1 Å². The lowest BCUT2D eigenvalue weighted by atomic mass is 10.0. The highest BCUT2D eigenvalue weighted by Crippen LogP contribution is 2.22. The Bertz CT molecular complexity index is 790. The SMILES string of the molecule is O=C(Nc1cccc(OCCc2ccccc2)c1)N1CCC[C@H](N2CCCC2)C1. The topological polar surface area (TPSA) is 44.8 Å². The van der Waals surface area contributed by atoms with Gasteiger partial charge in [-0.05, 0) is 56.5 Å². The van der Waals surface area contributed by atoms with E-state index in [4.69, 9.17) is 4.74 Å². The number of carbonyl (C=O) groups is 1. The second-order valence-electron chi connectivity index (χ2n) is 8.03. The van der Waals surface area contributed by atoms with E-state index in [0.29, 0.717) is 12.6 Å². The van der Waals surface area contributed by atoms with E-state index >= 15 is 0 Å². The lowest BCUT2D eigenvalue weighted by molar-refractivity contribution is 0.132. The molecule has 4 rings (SSSR count). The van der Waals surface area contributed by atoms with Crippen LogP contribution in [-0.4, -0.2) is 54.7 Å². The van der Waals surface area contributed by atoms with Crippen LogP contribution in [-0.2, 0) is 6.42 Å². The van der Waals surface area contributed by atoms with Crippen LogP contribution in [0.1, 0.15) is 31.2 Å². The van der Waals surface area contributed by atoms with Crippen molar-refractivity contribution >= 4 is 11.7 Å². The van der Waals surface area contributed by atoms with E-state index in [0.717, 1.165) is 37.4 Å². The van der Waals surface area contributed by atoms with E-state index in [1.165, 1.54) is 37.9 Å². The number of hydrogen-bond donors (Lipinski definition) is 1. The number of anilines is 1. The van der Waals surface area contributed by atoms with E-state index in [-0.39, 0.29) is 6.03 Å². The molecule has 0 saturated carbocycles. The zero-order valence-corrected chi connectivity index (χ0v) is 17.1. The van der Waals surface area contributed by atoms with E-state index in [9.17, 15) is 4.79 Å². The van der Waals surface area contributed by atoms with Gasteiger partial charge < -0.3 is 15.0 Å². The third kappa shape index (κ3) is 5.51. The fourth-order valence-electron chi connectivity index (χ4n) is 4.34. The number of nitrogens with zero attached hydrogens (tertiary/aromatic N) is 2. The van der Waals surface area contributed by atoms with Gasteiger partial charge in [0.15, 0.2) is 0 Å². The van der Waals surface area contributed by atoms with Gasteiger partial charge in [0.2, 0.25) is 0 Å². The molecule has 2 heterocycles. The van der Waals surface area contributed by atoms with Gasteiger partial charge in [-0.1, -0.05) is 36.4 Å². The molecule has 2 aliphatic rings. The van der Waals surface area contributed by atoms with Crippen molar-refractivity contribution in [3.8, 4) is 5.75 Å². The molecule has 154 valence electrons. The second-order valence-corrected chi connectivity index (χ2v) is 8.03. The quantitative estimate of drug-likeness (QED) is 0.791. The predicted octanol–water partition coefficient (Wildman–Crippen LogP) is 4.40. The maximum absolute atomic E-state index is 12.8. The normalized spacial score (nSPS) is 19.9. The molecule has 2 aliphatic heterocycles. The van der Waals surface area contributed by atoms with Crippen molar-refractivity contribution in [3.05, 3.63) is 60.2 Å². The molecule has 2 amide bonds. The first kappa shape index (κ1) is 19.8. The van der Waals surface area contributed by atoms with Crippen LogP contribution in [0, 0.1) is 0 Å². The monoisotopic (exact) mass is 393 g/mol. The summed E-state index contributed by atoms with van der Waals surface area (Å²) < 4.78 is 5.89. The molecule has 0 aliphatic carbocycles. The summed E-state index contributed by atoms with van der Waals surface area (Å²) in [6.45, 7) is 4.65. The minimum Gasteiger partial charge on any atom is -0.493 e. The Morgan fingerprint density at radius 2 is 1.83 bits per heavy atom. The summed E-state index contributed by atoms with van der Waals surface area (Å²) in [7, 11) is 0. The average molecular weight is 394 g/mol. The van der Waals surface area contributed by atoms with Gasteiger partial charge in [0.25, 0.3) is 0 Å². The van der Waals surface area contributed by atoms with Crippen LogP contribution in [0.4, 0.5) is 10.5 Å². The molecule has 29 heavy (non-hydrogen) atoms. The van der Waals surface area contributed by atoms with Crippen LogP contribution in [0.5, 0.6) is 5.75 Å². The maximum Gasteiger partial charge on any atom is 0.321 e. The van der Waals surface area contributed by atoms with Crippen molar-refractivity contribution in [1.29, 1.82) is 0 Å². The Morgan fingerprint density at radius 3 is 2.66 bits per heavy atom. The fourth-order valence-corrected chi connectivity index (χ4v) is 4.34. The predicted molar refractivity (Wildman–Crippen MR) is 117 cm³/mol. The highest BCUT2D eigenvalue weighted by atomic mass is 16.5. The van der Waals surface area contributed by atoms with E-state index in [2.05, 4.69) is 22.3 Å². The van der Waals surface area contributed by atoms with Crippen LogP contribution in [0.15, 0.2) is 54.6 Å². The molecule has 0 aromatic heterocycles. The third-order valence-corrected chi connectivity index (χ3v) is 5.93. The van der Waals surface area contributed by atoms with Gasteiger partial charge >= 0.3 is 6.03 Å². The Balaban J connectivity index is 1.28. The fraction of sp³-hybridized carbons (Fsp3) is 0.458. The average Bonchev–Trinajstić information content (AvgIpc) is 3.30. The Hall–Kier alpha value is -2.53. The van der Waals surface area contributed by atoms with Gasteiger partial charge in [0.1, 0.15) is 5.75 Å². The van der Waals surface area contributed by atoms with Gasteiger partial charge in [-0.2, -0.15) is 0 Å². The zero-order valence-electron chi connectivity index (χ0n) is 17.1. The van der Waals surface area contributed by atoms with Crippen molar-refractivity contribution in [3.63, 3.8) is 0 Å². The molecule has 0 radical (unpaired) electrons. The Kier molecular flexibility index (Phi) is 6.67. The Morgan fingerprint density at radius 1 is 1.00 bits per heavy atom. The lowest BCUT2D eigenvalue weighted by Crippen LogP contribution is -2.50. The molecule has 1 atom stereocenters. The number of nitrogens with one attached hydrogen (secondary N) is 1. The third-order valence-electron chi connectivity index (χ3n) is 5.93. The van der Waals surface area contributed by atoms with Crippen LogP contribution in [0.2, 0.25) is 0 Å². The molecule has 5 heteroatoms. The molecule has 1 N–H and O–H groups in total. The van der Waals surface area contributed by atoms with Gasteiger partial charge in [0, 0.05) is 37.3 Å². The largest absolute Gasteiger partial charge is 0.493 e. The Labute approximate surface area is 173 Å². The van der Waals surface area contributed by atoms with Crippen molar-refractivity contribution < 1.29 is 9.53 Å². The number of likely N-dealkylation sites (tertiary alicyclic amines) is 2. The minimum absolute atomic E-state index is 0.00432. The van der Waals surface area contributed by atoms with Gasteiger partial charge in [-0.15, -0.1) is 0 Å². The first-order valence-electron chi connectivity index (χ1n) is 10.8. The number of benzene rings is 2. The van der Waals surface area contributed by atoms with Gasteiger partial charge in [-0.25, -0.2) is 4.79 Å². The van der Waals surface area contributed by atoms with Crippen LogP contribution in [0.25, 0.3) is 0 Å². The second kappa shape index (κ2) is 9.79. The molecular weight excluding hydrogens is 362 g/mol. The molecule has 2 saturated heterocycles. The maximum atomic E-state index is 12.8. The highest BCUT2D eigenvalue weighted by Gasteiger charge is 2.29. The number of urea groups is 1. The molecule has 2 aromatic rings. The molecule has 2 aromatic carbocycles. The van der Waals surface area contributed by atoms with Crippen molar-refractivity contribution in [1.82, 2.24) is 9.80 Å². The summed E-state index contributed by atoms with van der Waals surface area (Å²) in [5.41, 5.74) is 2.05. The summed E-state index contributed by atoms with van der Waals surface area (Å²) in [6, 6.07) is 18.5. The van der Waals surface area contributed by atoms with E-state index in [1.807, 2.05) is 47.4 Å². The van der Waals surface area contributed by atoms with E-state index < -0.39 is 0 Å². The standard InChI is InChI=1S/C24H31N3O2/c28-24(27-16-7-11-22(19-27)26-14-4-5-15-26)25-21-10-6-12-23(18-21)29-17-13-20-8-2-1-3-9-20/h1-3,6,8-10,12,18,22H,4-5,7,11,13-17,19H2,(H,25,28)/t22-/m0/s1. The number of hydrogen-bond acceptors (Lipinski definition) is 3. The number of carbonyl (C=O) groups excluding carboxylic acids is 1. The van der Waals surface area contributed by atoms with Crippen LogP contribution >= 0.6 is 0 Å². The smallest absolute Gasteiger partial charge is 0.321 e. The minimum atomic E-state index is -0.00432. The number of rotatable bonds is 6. The molecule has 0 unspecified atom stereocenters. The number of piperidine rings is 1. The van der Waals surface area contributed by atoms with Gasteiger partial charge in [0.05, 0.1) is 6.61 Å². The highest BCUT2D eigenvalue weighted by molar-refractivity contribution is 5.89. The van der Waals surface area contributed by atoms with Crippen LogP contribution in [0.3, 0.4) is 0 Å². The molecular formula is C24H31N3O2. The number of amides is 2. The van der Waals surface area contributed by atoms with Gasteiger partial charge in [-0.3, -0.25) is 4.90 Å². The van der Waals surface area contributed by atoms with Crippen molar-refractivity contribution in [2.24, 2.45) is 0 Å². The summed E-state index contributed by atoms with van der Waals surface area (Å²) in [5.74, 6) is 0.785. The molecule has 0 bridgehead atoms. The lowest BCUT2D eigenvalue weighted by Gasteiger charge is -2.37. The summed E-state index contributed by atoms with van der Waals surface area (Å²) >= 11 is 0. The van der Waals surface area contributed by atoms with Crippen molar-refractivity contribution in [2.45, 2.75) is 38.1 Å². The zero-order chi connectivity index (χ0) is 19.9.